The van der Waals surface area contributed by atoms with E-state index in [4.69, 9.17) is 12.2 Å². The molecular weight excluding hydrogens is 282 g/mol. The molecule has 0 saturated heterocycles. The molecule has 0 aliphatic carbocycles. The number of carbonyl (C=O) groups excluding carboxylic acids is 2. The summed E-state index contributed by atoms with van der Waals surface area (Å²) < 4.78 is 0. The van der Waals surface area contributed by atoms with Gasteiger partial charge in [0, 0.05) is 6.54 Å². The van der Waals surface area contributed by atoms with Gasteiger partial charge in [-0.3, -0.25) is 9.59 Å². The topological polar surface area (TPSA) is 109 Å². The molecule has 1 aliphatic heterocycles. The molecule has 0 aromatic carbocycles. The molecule has 1 aliphatic rings. The van der Waals surface area contributed by atoms with Gasteiger partial charge in [0.05, 0.1) is 6.42 Å². The van der Waals surface area contributed by atoms with Crippen molar-refractivity contribution in [3.63, 3.8) is 0 Å². The van der Waals surface area contributed by atoms with Crippen molar-refractivity contribution in [2.45, 2.75) is 57.2 Å². The third kappa shape index (κ3) is 7.18. The number of amides is 2. The summed E-state index contributed by atoms with van der Waals surface area (Å²) in [6.07, 6.45) is 8.84. The lowest BCUT2D eigenvalue weighted by Gasteiger charge is -2.18. The predicted molar refractivity (Wildman–Crippen MR) is 83.8 cm³/mol. The maximum atomic E-state index is 12.2. The van der Waals surface area contributed by atoms with Crippen molar-refractivity contribution >= 4 is 11.8 Å². The number of hydrogen-bond donors (Lipinski definition) is 3. The molecular formula is C15H25N5O2. The molecule has 1 rings (SSSR count). The predicted octanol–water partition coefficient (Wildman–Crippen LogP) is 0.702. The molecule has 4 N–H and O–H groups in total. The van der Waals surface area contributed by atoms with Gasteiger partial charge in [0.2, 0.25) is 11.8 Å². The van der Waals surface area contributed by atoms with Gasteiger partial charge >= 0.3 is 0 Å². The lowest BCUT2D eigenvalue weighted by Crippen LogP contribution is -2.47. The Morgan fingerprint density at radius 2 is 2.05 bits per heavy atom. The number of nitrogens with two attached hydrogens (primary N) is 1. The summed E-state index contributed by atoms with van der Waals surface area (Å²) in [6, 6.07) is -0.557. The standard InChI is InChI=1S/C15H25N5O2/c1-3-7-13(21)18-12(8-4-5-10-16)14(22)17-11-6-9-15(2)19-20-15/h1,12H,4-11,16H2,2H3,(H,17,22)(H,18,21)/t12-/m1/s1. The van der Waals surface area contributed by atoms with Crippen LogP contribution in [0.3, 0.4) is 0 Å². The fourth-order valence-corrected chi connectivity index (χ4v) is 2.04. The van der Waals surface area contributed by atoms with E-state index in [9.17, 15) is 9.59 Å². The molecule has 0 bridgehead atoms. The van der Waals surface area contributed by atoms with Gasteiger partial charge in [-0.15, -0.1) is 6.42 Å². The number of hydrogen-bond acceptors (Lipinski definition) is 5. The number of rotatable bonds is 11. The van der Waals surface area contributed by atoms with E-state index in [-0.39, 0.29) is 23.9 Å². The summed E-state index contributed by atoms with van der Waals surface area (Å²) in [5, 5.41) is 13.4. The zero-order valence-corrected chi connectivity index (χ0v) is 13.1. The molecule has 0 aromatic rings. The molecule has 22 heavy (non-hydrogen) atoms. The highest BCUT2D eigenvalue weighted by Gasteiger charge is 2.32. The average Bonchev–Trinajstić information content (AvgIpc) is 3.21. The van der Waals surface area contributed by atoms with Crippen molar-refractivity contribution in [2.75, 3.05) is 13.1 Å². The molecule has 0 spiro atoms. The van der Waals surface area contributed by atoms with Gasteiger partial charge in [-0.05, 0) is 45.6 Å². The molecule has 0 aromatic heterocycles. The van der Waals surface area contributed by atoms with Crippen molar-refractivity contribution in [3.05, 3.63) is 0 Å². The zero-order valence-electron chi connectivity index (χ0n) is 13.1. The van der Waals surface area contributed by atoms with Crippen LogP contribution in [0.2, 0.25) is 0 Å². The van der Waals surface area contributed by atoms with E-state index in [0.29, 0.717) is 19.5 Å². The first-order chi connectivity index (χ1) is 10.5. The molecule has 0 saturated carbocycles. The molecule has 0 fully saturated rings. The second kappa shape index (κ2) is 9.15. The zero-order chi connectivity index (χ0) is 16.4. The molecule has 0 unspecified atom stereocenters. The summed E-state index contributed by atoms with van der Waals surface area (Å²) in [5.41, 5.74) is 5.21. The van der Waals surface area contributed by atoms with Gasteiger partial charge in [-0.25, -0.2) is 0 Å². The van der Waals surface area contributed by atoms with Crippen molar-refractivity contribution in [3.8, 4) is 12.3 Å². The van der Waals surface area contributed by atoms with Gasteiger partial charge in [0.15, 0.2) is 5.66 Å². The SMILES string of the molecule is C#CCC(=O)N[C@H](CCCCN)C(=O)NCCCC1(C)N=N1. The molecule has 0 radical (unpaired) electrons. The fourth-order valence-electron chi connectivity index (χ4n) is 2.04. The minimum Gasteiger partial charge on any atom is -0.354 e. The Morgan fingerprint density at radius 3 is 2.64 bits per heavy atom. The van der Waals surface area contributed by atoms with Crippen molar-refractivity contribution < 1.29 is 9.59 Å². The largest absolute Gasteiger partial charge is 0.354 e. The Hall–Kier alpha value is -1.94. The Labute approximate surface area is 131 Å². The molecule has 7 nitrogen and oxygen atoms in total. The number of nitrogens with one attached hydrogen (secondary N) is 2. The summed E-state index contributed by atoms with van der Waals surface area (Å²) >= 11 is 0. The minimum atomic E-state index is -0.557. The number of nitrogens with zero attached hydrogens (tertiary/aromatic N) is 2. The molecule has 1 heterocycles. The normalized spacial score (nSPS) is 15.7. The lowest BCUT2D eigenvalue weighted by atomic mass is 10.1. The molecule has 2 amide bonds. The summed E-state index contributed by atoms with van der Waals surface area (Å²) in [6.45, 7) is 3.06. The Morgan fingerprint density at radius 1 is 1.32 bits per heavy atom. The van der Waals surface area contributed by atoms with Crippen LogP contribution in [0.1, 0.15) is 45.4 Å². The van der Waals surface area contributed by atoms with E-state index >= 15 is 0 Å². The van der Waals surface area contributed by atoms with Crippen LogP contribution in [-0.4, -0.2) is 36.6 Å². The average molecular weight is 307 g/mol. The van der Waals surface area contributed by atoms with Crippen molar-refractivity contribution in [2.24, 2.45) is 16.0 Å². The van der Waals surface area contributed by atoms with Crippen LogP contribution in [0.5, 0.6) is 0 Å². The Balaban J connectivity index is 2.33. The van der Waals surface area contributed by atoms with Gasteiger partial charge < -0.3 is 16.4 Å². The Bertz CT molecular complexity index is 449. The highest BCUT2D eigenvalue weighted by molar-refractivity contribution is 5.88. The summed E-state index contributed by atoms with van der Waals surface area (Å²) in [7, 11) is 0. The summed E-state index contributed by atoms with van der Waals surface area (Å²) in [5.74, 6) is 1.78. The van der Waals surface area contributed by atoms with Crippen LogP contribution >= 0.6 is 0 Å². The smallest absolute Gasteiger partial charge is 0.242 e. The second-order valence-electron chi connectivity index (χ2n) is 5.60. The molecule has 1 atom stereocenters. The lowest BCUT2D eigenvalue weighted by molar-refractivity contribution is -0.128. The number of unbranched alkanes of at least 4 members (excludes halogenated alkanes) is 1. The maximum Gasteiger partial charge on any atom is 0.242 e. The van der Waals surface area contributed by atoms with Crippen molar-refractivity contribution in [1.82, 2.24) is 10.6 Å². The first-order valence-electron chi connectivity index (χ1n) is 7.65. The van der Waals surface area contributed by atoms with Gasteiger partial charge in [0.25, 0.3) is 0 Å². The minimum absolute atomic E-state index is 0.0258. The van der Waals surface area contributed by atoms with E-state index in [1.807, 2.05) is 6.92 Å². The second-order valence-corrected chi connectivity index (χ2v) is 5.60. The van der Waals surface area contributed by atoms with Crippen LogP contribution in [-0.2, 0) is 9.59 Å². The van der Waals surface area contributed by atoms with E-state index in [1.165, 1.54) is 0 Å². The van der Waals surface area contributed by atoms with E-state index in [2.05, 4.69) is 26.8 Å². The monoisotopic (exact) mass is 307 g/mol. The van der Waals surface area contributed by atoms with Crippen LogP contribution in [0, 0.1) is 12.3 Å². The number of carbonyl (C=O) groups is 2. The van der Waals surface area contributed by atoms with Gasteiger partial charge in [-0.1, -0.05) is 5.92 Å². The van der Waals surface area contributed by atoms with E-state index < -0.39 is 6.04 Å². The maximum absolute atomic E-state index is 12.2. The van der Waals surface area contributed by atoms with E-state index in [0.717, 1.165) is 25.7 Å². The quantitative estimate of drug-likeness (QED) is 0.386. The third-order valence-corrected chi connectivity index (χ3v) is 3.43. The van der Waals surface area contributed by atoms with Crippen molar-refractivity contribution in [1.29, 1.82) is 0 Å². The Kier molecular flexibility index (Phi) is 7.54. The highest BCUT2D eigenvalue weighted by Crippen LogP contribution is 2.31. The van der Waals surface area contributed by atoms with Gasteiger partial charge in [-0.2, -0.15) is 10.2 Å². The van der Waals surface area contributed by atoms with Crippen LogP contribution in [0.4, 0.5) is 0 Å². The first kappa shape index (κ1) is 18.1. The first-order valence-corrected chi connectivity index (χ1v) is 7.65. The van der Waals surface area contributed by atoms with Crippen LogP contribution in [0.25, 0.3) is 0 Å². The van der Waals surface area contributed by atoms with Crippen LogP contribution in [0.15, 0.2) is 10.2 Å². The summed E-state index contributed by atoms with van der Waals surface area (Å²) in [4.78, 5) is 23.7. The highest BCUT2D eigenvalue weighted by atomic mass is 16.2. The molecule has 122 valence electrons. The van der Waals surface area contributed by atoms with E-state index in [1.54, 1.807) is 0 Å². The number of terminal acetylenes is 1. The molecule has 7 heteroatoms. The fraction of sp³-hybridized carbons (Fsp3) is 0.733. The third-order valence-electron chi connectivity index (χ3n) is 3.43. The van der Waals surface area contributed by atoms with Crippen LogP contribution < -0.4 is 16.4 Å². The van der Waals surface area contributed by atoms with Gasteiger partial charge in [0.1, 0.15) is 6.04 Å².